The van der Waals surface area contributed by atoms with Gasteiger partial charge in [0.05, 0.1) is 0 Å². The van der Waals surface area contributed by atoms with Gasteiger partial charge in [0.1, 0.15) is 0 Å². The first-order valence-corrected chi connectivity index (χ1v) is 11.6. The number of anilines is 1. The summed E-state index contributed by atoms with van der Waals surface area (Å²) >= 11 is 0.0118. The van der Waals surface area contributed by atoms with Crippen LogP contribution in [0, 0.1) is 6.92 Å². The predicted octanol–water partition coefficient (Wildman–Crippen LogP) is 1.41. The summed E-state index contributed by atoms with van der Waals surface area (Å²) in [6.45, 7) is 6.59. The zero-order chi connectivity index (χ0) is 19.3. The molecule has 0 aliphatic carbocycles. The third kappa shape index (κ3) is 3.01. The Labute approximate surface area is 171 Å². The summed E-state index contributed by atoms with van der Waals surface area (Å²) < 4.78 is 8.16. The van der Waals surface area contributed by atoms with Crippen LogP contribution in [0.2, 0.25) is 4.71 Å². The summed E-state index contributed by atoms with van der Waals surface area (Å²) in [5.41, 5.74) is 7.29. The number of rotatable bonds is 3. The van der Waals surface area contributed by atoms with Gasteiger partial charge in [0.15, 0.2) is 0 Å². The van der Waals surface area contributed by atoms with Crippen molar-refractivity contribution in [3.8, 4) is 16.9 Å². The normalized spacial score (nSPS) is 21.5. The van der Waals surface area contributed by atoms with Crippen molar-refractivity contribution in [3.63, 3.8) is 0 Å². The number of ether oxygens (including phenoxy) is 1. The van der Waals surface area contributed by atoms with Gasteiger partial charge in [-0.05, 0) is 0 Å². The molecule has 1 radical (unpaired) electrons. The molecular weight excluding hydrogens is 415 g/mol. The molecule has 1 amide bonds. The number of benzene rings is 2. The molecule has 143 valence electrons. The van der Waals surface area contributed by atoms with Crippen molar-refractivity contribution in [2.75, 3.05) is 24.6 Å². The molecule has 1 saturated heterocycles. The summed E-state index contributed by atoms with van der Waals surface area (Å²) in [6.07, 6.45) is 0. The Kier molecular flexibility index (Phi) is 4.41. The summed E-state index contributed by atoms with van der Waals surface area (Å²) in [7, 11) is 0. The molecule has 2 aromatic carbocycles. The number of aryl methyl sites for hydroxylation is 1. The summed E-state index contributed by atoms with van der Waals surface area (Å²) in [4.78, 5) is 14.2. The quantitative estimate of drug-likeness (QED) is 0.713. The molecule has 1 unspecified atom stereocenters. The van der Waals surface area contributed by atoms with E-state index in [2.05, 4.69) is 59.2 Å². The van der Waals surface area contributed by atoms with Crippen molar-refractivity contribution in [2.45, 2.75) is 24.6 Å². The van der Waals surface area contributed by atoms with Crippen LogP contribution in [0.1, 0.15) is 12.5 Å². The number of amidine groups is 1. The van der Waals surface area contributed by atoms with Gasteiger partial charge in [-0.15, -0.1) is 0 Å². The van der Waals surface area contributed by atoms with Crippen LogP contribution in [0.5, 0.6) is 5.75 Å². The number of fused-ring (bicyclic) bond motifs is 3. The zero-order valence-electron chi connectivity index (χ0n) is 15.9. The minimum atomic E-state index is -0.297. The molecule has 2 N–H and O–H groups in total. The number of hydrogen-bond donors (Lipinski definition) is 2. The van der Waals surface area contributed by atoms with Crippen LogP contribution in [0.3, 0.4) is 0 Å². The van der Waals surface area contributed by atoms with Crippen LogP contribution >= 0.6 is 0 Å². The van der Waals surface area contributed by atoms with E-state index in [9.17, 15) is 4.79 Å². The van der Waals surface area contributed by atoms with Crippen molar-refractivity contribution in [1.82, 2.24) is 10.7 Å². The molecular formula is C21H22AsN4O2. The SMILES string of the molecule is Cc1cccc(-c2cc3c(cc2[As]C2CNC2)N2C(=NNC(=O)C2C)CO3)c1. The van der Waals surface area contributed by atoms with Gasteiger partial charge in [-0.1, -0.05) is 0 Å². The van der Waals surface area contributed by atoms with E-state index >= 15 is 0 Å². The third-order valence-electron chi connectivity index (χ3n) is 5.44. The monoisotopic (exact) mass is 437 g/mol. The molecule has 3 aliphatic rings. The molecule has 3 heterocycles. The van der Waals surface area contributed by atoms with Gasteiger partial charge >= 0.3 is 171 Å². The molecule has 0 aromatic heterocycles. The first-order chi connectivity index (χ1) is 13.6. The third-order valence-corrected chi connectivity index (χ3v) is 8.34. The van der Waals surface area contributed by atoms with Gasteiger partial charge < -0.3 is 0 Å². The zero-order valence-corrected chi connectivity index (χ0v) is 17.8. The number of carbonyl (C=O) groups excluding carboxylic acids is 1. The molecule has 28 heavy (non-hydrogen) atoms. The number of nitrogens with zero attached hydrogens (tertiary/aromatic N) is 2. The number of amides is 1. The molecule has 0 saturated carbocycles. The summed E-state index contributed by atoms with van der Waals surface area (Å²) in [5, 5.41) is 7.59. The van der Waals surface area contributed by atoms with E-state index in [1.807, 2.05) is 11.8 Å². The van der Waals surface area contributed by atoms with Crippen molar-refractivity contribution < 1.29 is 9.53 Å². The van der Waals surface area contributed by atoms with Crippen LogP contribution in [0.25, 0.3) is 11.1 Å². The van der Waals surface area contributed by atoms with E-state index in [-0.39, 0.29) is 27.7 Å². The Morgan fingerprint density at radius 1 is 1.25 bits per heavy atom. The first kappa shape index (κ1) is 17.8. The van der Waals surface area contributed by atoms with E-state index in [1.165, 1.54) is 21.0 Å². The van der Waals surface area contributed by atoms with Crippen LogP contribution in [-0.4, -0.2) is 53.2 Å². The van der Waals surface area contributed by atoms with Gasteiger partial charge in [0, 0.05) is 0 Å². The fraction of sp³-hybridized carbons (Fsp3) is 0.333. The van der Waals surface area contributed by atoms with Crippen molar-refractivity contribution in [3.05, 3.63) is 42.0 Å². The number of nitrogens with one attached hydrogen (secondary N) is 2. The van der Waals surface area contributed by atoms with E-state index < -0.39 is 0 Å². The summed E-state index contributed by atoms with van der Waals surface area (Å²) in [6, 6.07) is 12.8. The van der Waals surface area contributed by atoms with Crippen LogP contribution in [0.4, 0.5) is 5.69 Å². The fourth-order valence-electron chi connectivity index (χ4n) is 3.77. The van der Waals surface area contributed by atoms with E-state index in [0.717, 1.165) is 35.1 Å². The second-order valence-corrected chi connectivity index (χ2v) is 10.6. The molecule has 3 aliphatic heterocycles. The van der Waals surface area contributed by atoms with Gasteiger partial charge in [0.2, 0.25) is 0 Å². The Balaban J connectivity index is 1.64. The maximum absolute atomic E-state index is 12.2. The number of hydrogen-bond acceptors (Lipinski definition) is 5. The molecule has 7 heteroatoms. The van der Waals surface area contributed by atoms with Gasteiger partial charge in [0.25, 0.3) is 0 Å². The molecule has 6 nitrogen and oxygen atoms in total. The molecule has 0 spiro atoms. The maximum atomic E-state index is 12.2. The van der Waals surface area contributed by atoms with Crippen LogP contribution < -0.4 is 24.7 Å². The Morgan fingerprint density at radius 2 is 2.11 bits per heavy atom. The minimum absolute atomic E-state index is 0.0118. The summed E-state index contributed by atoms with van der Waals surface area (Å²) in [5.74, 6) is 1.50. The average Bonchev–Trinajstić information content (AvgIpc) is 2.66. The fourth-order valence-corrected chi connectivity index (χ4v) is 6.63. The van der Waals surface area contributed by atoms with Crippen LogP contribution in [0.15, 0.2) is 41.5 Å². The van der Waals surface area contributed by atoms with E-state index in [0.29, 0.717) is 6.61 Å². The van der Waals surface area contributed by atoms with Gasteiger partial charge in [-0.3, -0.25) is 0 Å². The van der Waals surface area contributed by atoms with Crippen molar-refractivity contribution in [2.24, 2.45) is 5.10 Å². The Hall–Kier alpha value is -2.30. The van der Waals surface area contributed by atoms with Crippen molar-refractivity contribution >= 4 is 37.5 Å². The average molecular weight is 437 g/mol. The topological polar surface area (TPSA) is 66.0 Å². The van der Waals surface area contributed by atoms with Gasteiger partial charge in [-0.2, -0.15) is 0 Å². The van der Waals surface area contributed by atoms with Gasteiger partial charge in [-0.25, -0.2) is 0 Å². The first-order valence-electron chi connectivity index (χ1n) is 9.55. The molecule has 1 fully saturated rings. The van der Waals surface area contributed by atoms with E-state index in [4.69, 9.17) is 4.74 Å². The molecule has 2 aromatic rings. The van der Waals surface area contributed by atoms with Crippen LogP contribution in [-0.2, 0) is 4.79 Å². The number of hydrazone groups is 1. The molecule has 1 atom stereocenters. The Morgan fingerprint density at radius 3 is 2.86 bits per heavy atom. The van der Waals surface area contributed by atoms with Crippen molar-refractivity contribution in [1.29, 1.82) is 0 Å². The predicted molar refractivity (Wildman–Crippen MR) is 112 cm³/mol. The Bertz CT molecular complexity index is 986. The molecule has 5 rings (SSSR count). The second-order valence-electron chi connectivity index (χ2n) is 7.49. The van der Waals surface area contributed by atoms with E-state index in [1.54, 1.807) is 0 Å². The second kappa shape index (κ2) is 6.94. The number of carbonyl (C=O) groups is 1. The standard InChI is InChI=1S/C21H22AsN4O2/c1-12-4-3-5-14(6-12)16-7-19-18(8-17(16)22-15-9-23-10-15)26-13(2)21(27)25-24-20(26)11-28-19/h3-8,13,15,23H,9-11H2,1-2H3,(H,25,27). The molecule has 0 bridgehead atoms.